The summed E-state index contributed by atoms with van der Waals surface area (Å²) < 4.78 is 7.74. The number of nitrogens with two attached hydrogens (primary N) is 1. The monoisotopic (exact) mass is 633 g/mol. The first-order chi connectivity index (χ1) is 21.7. The van der Waals surface area contributed by atoms with Crippen molar-refractivity contribution in [1.29, 1.82) is 0 Å². The third-order valence-corrected chi connectivity index (χ3v) is 9.60. The van der Waals surface area contributed by atoms with Gasteiger partial charge in [-0.25, -0.2) is 0 Å². The normalized spacial score (nSPS) is 13.4. The second kappa shape index (κ2) is 18.3. The van der Waals surface area contributed by atoms with Gasteiger partial charge in [0.2, 0.25) is 0 Å². The van der Waals surface area contributed by atoms with E-state index in [1.165, 1.54) is 47.0 Å². The maximum atomic E-state index is 11.2. The van der Waals surface area contributed by atoms with Crippen molar-refractivity contribution in [2.45, 2.75) is 105 Å². The van der Waals surface area contributed by atoms with Crippen LogP contribution in [0.1, 0.15) is 109 Å². The number of hydrogen-bond acceptors (Lipinski definition) is 7. The molecule has 8 heteroatoms. The van der Waals surface area contributed by atoms with E-state index in [0.29, 0.717) is 18.3 Å². The summed E-state index contributed by atoms with van der Waals surface area (Å²) in [5.74, 6) is 5.38. The number of carbonyl (C=O) groups excluding carboxylic acids is 1. The molecule has 3 N–H and O–H groups in total. The summed E-state index contributed by atoms with van der Waals surface area (Å²) in [5.41, 5.74) is 11.7. The third-order valence-electron chi connectivity index (χ3n) is 8.48. The highest BCUT2D eigenvalue weighted by Crippen LogP contribution is 2.43. The highest BCUT2D eigenvalue weighted by Gasteiger charge is 2.28. The first kappa shape index (κ1) is 36.5. The number of hydrogen-bond donors (Lipinski definition) is 2. The molecule has 1 aromatic carbocycles. The van der Waals surface area contributed by atoms with Crippen LogP contribution < -0.4 is 11.3 Å². The number of hydrazine groups is 1. The molecule has 0 amide bonds. The van der Waals surface area contributed by atoms with Crippen LogP contribution in [0.4, 0.5) is 0 Å². The summed E-state index contributed by atoms with van der Waals surface area (Å²) in [7, 11) is 0. The van der Waals surface area contributed by atoms with Gasteiger partial charge in [-0.2, -0.15) is 11.8 Å². The Balaban J connectivity index is 2.10. The van der Waals surface area contributed by atoms with Crippen molar-refractivity contribution in [2.24, 2.45) is 16.3 Å². The Hall–Kier alpha value is -2.94. The molecule has 0 fully saturated rings. The summed E-state index contributed by atoms with van der Waals surface area (Å²) in [4.78, 5) is 21.2. The molecule has 0 radical (unpaired) electrons. The van der Waals surface area contributed by atoms with Crippen LogP contribution in [-0.2, 0) is 22.5 Å². The van der Waals surface area contributed by atoms with Crippen molar-refractivity contribution in [3.63, 3.8) is 0 Å². The van der Waals surface area contributed by atoms with E-state index < -0.39 is 0 Å². The topological polar surface area (TPSA) is 94.5 Å². The molecule has 7 nitrogen and oxygen atoms in total. The van der Waals surface area contributed by atoms with Gasteiger partial charge in [0.1, 0.15) is 0 Å². The average molecular weight is 634 g/mol. The van der Waals surface area contributed by atoms with E-state index >= 15 is 0 Å². The van der Waals surface area contributed by atoms with Crippen molar-refractivity contribution in [2.75, 3.05) is 19.4 Å². The Morgan fingerprint density at radius 3 is 2.60 bits per heavy atom. The highest BCUT2D eigenvalue weighted by molar-refractivity contribution is 7.98. The molecule has 0 spiro atoms. The zero-order valence-electron chi connectivity index (χ0n) is 28.6. The number of ether oxygens (including phenoxy) is 1. The molecule has 3 aromatic rings. The van der Waals surface area contributed by atoms with Crippen LogP contribution in [0.5, 0.6) is 0 Å². The summed E-state index contributed by atoms with van der Waals surface area (Å²) in [6, 6.07) is 11.0. The fourth-order valence-corrected chi connectivity index (χ4v) is 6.97. The molecule has 0 aliphatic rings. The number of benzene rings is 1. The van der Waals surface area contributed by atoms with Crippen LogP contribution in [0.3, 0.4) is 0 Å². The van der Waals surface area contributed by atoms with E-state index in [2.05, 4.69) is 88.1 Å². The Labute approximate surface area is 275 Å². The number of unbranched alkanes of at least 4 members (excludes halogenated alkanes) is 4. The van der Waals surface area contributed by atoms with E-state index in [0.717, 1.165) is 67.9 Å². The number of pyridine rings is 1. The zero-order chi connectivity index (χ0) is 32.8. The van der Waals surface area contributed by atoms with Crippen LogP contribution in [0.25, 0.3) is 27.9 Å². The first-order valence-corrected chi connectivity index (χ1v) is 17.9. The lowest BCUT2D eigenvalue weighted by Gasteiger charge is -2.25. The fraction of sp³-hybridized carbons (Fsp3) is 0.541. The smallest absolute Gasteiger partial charge is 0.293 e. The summed E-state index contributed by atoms with van der Waals surface area (Å²) in [6.07, 6.45) is 14.9. The zero-order valence-corrected chi connectivity index (χ0v) is 29.4. The van der Waals surface area contributed by atoms with Crippen molar-refractivity contribution in [3.8, 4) is 11.3 Å². The third kappa shape index (κ3) is 9.77. The maximum Gasteiger partial charge on any atom is 0.293 e. The molecule has 45 heavy (non-hydrogen) atoms. The number of nitrogens with zero attached hydrogens (tertiary/aromatic N) is 3. The van der Waals surface area contributed by atoms with Gasteiger partial charge in [-0.3, -0.25) is 26.0 Å². The molecule has 0 aliphatic carbocycles. The number of aliphatic imine (C=N–C) groups is 1. The van der Waals surface area contributed by atoms with Gasteiger partial charge in [-0.15, -0.1) is 0 Å². The SMILES string of the molecule is C/C=C(\N=C(C)CCCCCCCNN)c1ccc2c(c1)c(CC(C)(C)COC=O)c(-c1cccnc1C(CC)SC)n2CC. The van der Waals surface area contributed by atoms with Crippen molar-refractivity contribution in [3.05, 3.63) is 59.4 Å². The lowest BCUT2D eigenvalue weighted by molar-refractivity contribution is -0.131. The Bertz CT molecular complexity index is 1440. The second-order valence-corrected chi connectivity index (χ2v) is 13.7. The Morgan fingerprint density at radius 1 is 1.18 bits per heavy atom. The number of fused-ring (bicyclic) bond motifs is 1. The average Bonchev–Trinajstić information content (AvgIpc) is 3.34. The predicted octanol–water partition coefficient (Wildman–Crippen LogP) is 8.90. The number of rotatable bonds is 20. The van der Waals surface area contributed by atoms with Gasteiger partial charge < -0.3 is 9.30 Å². The summed E-state index contributed by atoms with van der Waals surface area (Å²) >= 11 is 1.85. The van der Waals surface area contributed by atoms with E-state index in [9.17, 15) is 4.79 Å². The van der Waals surface area contributed by atoms with Crippen LogP contribution >= 0.6 is 11.8 Å². The Morgan fingerprint density at radius 2 is 1.93 bits per heavy atom. The molecule has 0 bridgehead atoms. The van der Waals surface area contributed by atoms with Gasteiger partial charge in [0.05, 0.1) is 23.7 Å². The fourth-order valence-electron chi connectivity index (χ4n) is 6.23. The first-order valence-electron chi connectivity index (χ1n) is 16.6. The second-order valence-electron chi connectivity index (χ2n) is 12.6. The van der Waals surface area contributed by atoms with E-state index in [4.69, 9.17) is 20.6 Å². The van der Waals surface area contributed by atoms with E-state index in [1.54, 1.807) is 0 Å². The molecular formula is C37H55N5O2S. The number of nitrogens with one attached hydrogen (secondary N) is 1. The largest absolute Gasteiger partial charge is 0.467 e. The van der Waals surface area contributed by atoms with Gasteiger partial charge in [-0.05, 0) is 89.0 Å². The van der Waals surface area contributed by atoms with E-state index in [1.807, 2.05) is 24.0 Å². The van der Waals surface area contributed by atoms with Crippen LogP contribution in [0, 0.1) is 5.41 Å². The van der Waals surface area contributed by atoms with Crippen molar-refractivity contribution < 1.29 is 9.53 Å². The molecular weight excluding hydrogens is 579 g/mol. The molecule has 1 unspecified atom stereocenters. The number of allylic oxidation sites excluding steroid dienone is 1. The molecule has 0 aliphatic heterocycles. The van der Waals surface area contributed by atoms with Crippen molar-refractivity contribution >= 4 is 40.5 Å². The van der Waals surface area contributed by atoms with Crippen LogP contribution in [-0.4, -0.2) is 41.1 Å². The van der Waals surface area contributed by atoms with Crippen LogP contribution in [0.15, 0.2) is 47.6 Å². The standard InChI is InChI=1S/C37H55N5O2S/c1-8-32(41-27(4)17-14-12-11-13-15-22-40-38)28-19-20-33-30(23-28)31(24-37(5,6)25-44-26-43)36(42(33)10-3)29-18-16-21-39-35(29)34(9-2)45-7/h8,16,18-21,23,26,34,40H,9-15,17,22,24-25,38H2,1-7H3/b32-8-,41-27?. The molecule has 2 aromatic heterocycles. The van der Waals surface area contributed by atoms with Crippen LogP contribution in [0.2, 0.25) is 0 Å². The number of aromatic nitrogens is 2. The minimum Gasteiger partial charge on any atom is -0.467 e. The highest BCUT2D eigenvalue weighted by atomic mass is 32.2. The van der Waals surface area contributed by atoms with Gasteiger partial charge in [0.15, 0.2) is 0 Å². The quantitative estimate of drug-likeness (QED) is 0.0424. The lowest BCUT2D eigenvalue weighted by Crippen LogP contribution is -2.22. The molecule has 246 valence electrons. The summed E-state index contributed by atoms with van der Waals surface area (Å²) in [5, 5.41) is 1.52. The molecule has 1 atom stereocenters. The van der Waals surface area contributed by atoms with Gasteiger partial charge in [-0.1, -0.05) is 52.2 Å². The van der Waals surface area contributed by atoms with Gasteiger partial charge >= 0.3 is 0 Å². The van der Waals surface area contributed by atoms with E-state index in [-0.39, 0.29) is 5.41 Å². The van der Waals surface area contributed by atoms with Gasteiger partial charge in [0.25, 0.3) is 6.47 Å². The number of thioether (sulfide) groups is 1. The number of carbonyl (C=O) groups is 1. The molecule has 2 heterocycles. The molecule has 3 rings (SSSR count). The minimum absolute atomic E-state index is 0.260. The van der Waals surface area contributed by atoms with Gasteiger partial charge in [0, 0.05) is 57.7 Å². The lowest BCUT2D eigenvalue weighted by atomic mass is 9.84. The predicted molar refractivity (Wildman–Crippen MR) is 194 cm³/mol. The van der Waals surface area contributed by atoms with Crippen molar-refractivity contribution in [1.82, 2.24) is 15.0 Å². The number of aryl methyl sites for hydroxylation is 1. The Kier molecular flexibility index (Phi) is 14.8. The minimum atomic E-state index is -0.260. The molecule has 0 saturated carbocycles. The summed E-state index contributed by atoms with van der Waals surface area (Å²) in [6.45, 7) is 15.6. The maximum absolute atomic E-state index is 11.2. The molecule has 0 saturated heterocycles.